The third kappa shape index (κ3) is 3.53. The van der Waals surface area contributed by atoms with Crippen LogP contribution in [0.25, 0.3) is 0 Å². The first-order valence-corrected chi connectivity index (χ1v) is 7.03. The summed E-state index contributed by atoms with van der Waals surface area (Å²) in [4.78, 5) is 14.0. The Morgan fingerprint density at radius 3 is 2.55 bits per heavy atom. The molecular weight excluding hydrogens is 272 g/mol. The molecule has 2 aromatic rings. The molecule has 0 aliphatic heterocycles. The van der Waals surface area contributed by atoms with Gasteiger partial charge in [0.2, 0.25) is 0 Å². The van der Waals surface area contributed by atoms with E-state index in [2.05, 4.69) is 10.5 Å². The summed E-state index contributed by atoms with van der Waals surface area (Å²) < 4.78 is 0. The maximum atomic E-state index is 11.8. The Morgan fingerprint density at radius 1 is 1.25 bits per heavy atom. The van der Waals surface area contributed by atoms with Crippen LogP contribution in [-0.2, 0) is 4.79 Å². The van der Waals surface area contributed by atoms with Crippen molar-refractivity contribution in [2.45, 2.75) is 20.0 Å². The molecular formula is C15H16N2O2S. The number of amides is 1. The molecule has 0 radical (unpaired) electrons. The van der Waals surface area contributed by atoms with Crippen molar-refractivity contribution in [3.8, 4) is 0 Å². The fraction of sp³-hybridized carbons (Fsp3) is 0.200. The quantitative estimate of drug-likeness (QED) is 0.671. The molecule has 0 aliphatic rings. The Bertz CT molecular complexity index is 620. The van der Waals surface area contributed by atoms with E-state index in [1.807, 2.05) is 32.0 Å². The van der Waals surface area contributed by atoms with Gasteiger partial charge in [0.15, 0.2) is 6.10 Å². The number of nitrogens with zero attached hydrogens (tertiary/aromatic N) is 1. The molecule has 1 aromatic carbocycles. The zero-order valence-corrected chi connectivity index (χ0v) is 12.1. The van der Waals surface area contributed by atoms with Crippen molar-refractivity contribution in [3.05, 3.63) is 57.8 Å². The van der Waals surface area contributed by atoms with Crippen LogP contribution in [0, 0.1) is 6.92 Å². The number of benzene rings is 1. The highest BCUT2D eigenvalue weighted by atomic mass is 32.1. The second-order valence-corrected chi connectivity index (χ2v) is 5.68. The molecule has 2 rings (SSSR count). The van der Waals surface area contributed by atoms with Crippen molar-refractivity contribution >= 4 is 23.0 Å². The summed E-state index contributed by atoms with van der Waals surface area (Å²) in [5, 5.41) is 13.9. The van der Waals surface area contributed by atoms with E-state index in [0.717, 1.165) is 10.6 Å². The Kier molecular flexibility index (Phi) is 4.65. The molecule has 0 spiro atoms. The van der Waals surface area contributed by atoms with Crippen molar-refractivity contribution in [2.75, 3.05) is 0 Å². The van der Waals surface area contributed by atoms with E-state index in [1.165, 1.54) is 4.88 Å². The number of aliphatic hydroxyl groups excluding tert-OH is 1. The van der Waals surface area contributed by atoms with Gasteiger partial charge in [-0.3, -0.25) is 4.79 Å². The maximum Gasteiger partial charge on any atom is 0.273 e. The first-order valence-electron chi connectivity index (χ1n) is 6.22. The lowest BCUT2D eigenvalue weighted by atomic mass is 10.1. The highest BCUT2D eigenvalue weighted by molar-refractivity contribution is 7.14. The van der Waals surface area contributed by atoms with Crippen LogP contribution in [0.2, 0.25) is 0 Å². The molecule has 1 heterocycles. The first-order chi connectivity index (χ1) is 9.58. The SMILES string of the molecule is CC(=NNC(=O)[C@H](O)c1ccccc1)c1ccc(C)s1. The number of hydrogen-bond donors (Lipinski definition) is 2. The average Bonchev–Trinajstić information content (AvgIpc) is 2.91. The highest BCUT2D eigenvalue weighted by Crippen LogP contribution is 2.16. The van der Waals surface area contributed by atoms with Gasteiger partial charge in [0.25, 0.3) is 5.91 Å². The van der Waals surface area contributed by atoms with Gasteiger partial charge in [0.05, 0.1) is 10.6 Å². The molecule has 5 heteroatoms. The zero-order valence-electron chi connectivity index (χ0n) is 11.3. The Labute approximate surface area is 121 Å². The lowest BCUT2D eigenvalue weighted by Crippen LogP contribution is -2.26. The maximum absolute atomic E-state index is 11.8. The lowest BCUT2D eigenvalue weighted by Gasteiger charge is -2.09. The predicted molar refractivity (Wildman–Crippen MR) is 80.8 cm³/mol. The second kappa shape index (κ2) is 6.45. The number of nitrogens with one attached hydrogen (secondary N) is 1. The van der Waals surface area contributed by atoms with Crippen LogP contribution in [0.4, 0.5) is 0 Å². The van der Waals surface area contributed by atoms with Crippen LogP contribution >= 0.6 is 11.3 Å². The van der Waals surface area contributed by atoms with Gasteiger partial charge in [-0.15, -0.1) is 11.3 Å². The van der Waals surface area contributed by atoms with Crippen LogP contribution in [0.1, 0.15) is 28.3 Å². The number of hydrazone groups is 1. The minimum atomic E-state index is -1.21. The molecule has 2 N–H and O–H groups in total. The number of aryl methyl sites for hydroxylation is 1. The van der Waals surface area contributed by atoms with Gasteiger partial charge in [-0.2, -0.15) is 5.10 Å². The van der Waals surface area contributed by atoms with E-state index in [9.17, 15) is 9.90 Å². The molecule has 1 amide bonds. The van der Waals surface area contributed by atoms with Crippen molar-refractivity contribution in [3.63, 3.8) is 0 Å². The number of hydrogen-bond acceptors (Lipinski definition) is 4. The van der Waals surface area contributed by atoms with E-state index >= 15 is 0 Å². The summed E-state index contributed by atoms with van der Waals surface area (Å²) in [5.74, 6) is -0.538. The van der Waals surface area contributed by atoms with Crippen LogP contribution < -0.4 is 5.43 Å². The Hall–Kier alpha value is -1.98. The zero-order chi connectivity index (χ0) is 14.5. The molecule has 4 nitrogen and oxygen atoms in total. The van der Waals surface area contributed by atoms with E-state index in [-0.39, 0.29) is 0 Å². The largest absolute Gasteiger partial charge is 0.378 e. The highest BCUT2D eigenvalue weighted by Gasteiger charge is 2.16. The molecule has 0 unspecified atom stereocenters. The Morgan fingerprint density at radius 2 is 1.95 bits per heavy atom. The van der Waals surface area contributed by atoms with Crippen LogP contribution in [0.15, 0.2) is 47.6 Å². The molecule has 20 heavy (non-hydrogen) atoms. The summed E-state index contributed by atoms with van der Waals surface area (Å²) in [6.07, 6.45) is -1.21. The average molecular weight is 288 g/mol. The van der Waals surface area contributed by atoms with Crippen molar-refractivity contribution in [2.24, 2.45) is 5.10 Å². The van der Waals surface area contributed by atoms with Crippen LogP contribution in [-0.4, -0.2) is 16.7 Å². The molecule has 0 aliphatic carbocycles. The third-order valence-electron chi connectivity index (χ3n) is 2.79. The van der Waals surface area contributed by atoms with E-state index in [0.29, 0.717) is 5.56 Å². The van der Waals surface area contributed by atoms with E-state index < -0.39 is 12.0 Å². The molecule has 0 saturated carbocycles. The van der Waals surface area contributed by atoms with Crippen LogP contribution in [0.5, 0.6) is 0 Å². The molecule has 0 bridgehead atoms. The van der Waals surface area contributed by atoms with E-state index in [4.69, 9.17) is 0 Å². The normalized spacial score (nSPS) is 13.1. The van der Waals surface area contributed by atoms with Crippen molar-refractivity contribution in [1.82, 2.24) is 5.43 Å². The smallest absolute Gasteiger partial charge is 0.273 e. The van der Waals surface area contributed by atoms with Gasteiger partial charge in [-0.1, -0.05) is 30.3 Å². The summed E-state index contributed by atoms with van der Waals surface area (Å²) in [6, 6.07) is 12.7. The lowest BCUT2D eigenvalue weighted by molar-refractivity contribution is -0.129. The fourth-order valence-corrected chi connectivity index (χ4v) is 2.48. The summed E-state index contributed by atoms with van der Waals surface area (Å²) in [7, 11) is 0. The number of carbonyl (C=O) groups excluding carboxylic acids is 1. The molecule has 1 atom stereocenters. The van der Waals surface area contributed by atoms with Crippen molar-refractivity contribution in [1.29, 1.82) is 0 Å². The standard InChI is InChI=1S/C15H16N2O2S/c1-10-8-9-13(20-10)11(2)16-17-15(19)14(18)12-6-4-3-5-7-12/h3-9,14,18H,1-2H3,(H,17,19)/t14-/m1/s1. The van der Waals surface area contributed by atoms with Crippen LogP contribution in [0.3, 0.4) is 0 Å². The van der Waals surface area contributed by atoms with Gasteiger partial charge in [0.1, 0.15) is 0 Å². The Balaban J connectivity index is 2.01. The van der Waals surface area contributed by atoms with E-state index in [1.54, 1.807) is 35.6 Å². The van der Waals surface area contributed by atoms with Crippen molar-refractivity contribution < 1.29 is 9.90 Å². The monoisotopic (exact) mass is 288 g/mol. The summed E-state index contributed by atoms with van der Waals surface area (Å²) in [5.41, 5.74) is 3.66. The van der Waals surface area contributed by atoms with Gasteiger partial charge in [-0.25, -0.2) is 5.43 Å². The number of thiophene rings is 1. The van der Waals surface area contributed by atoms with Gasteiger partial charge in [0, 0.05) is 4.88 Å². The van der Waals surface area contributed by atoms with Gasteiger partial charge in [-0.05, 0) is 31.5 Å². The minimum absolute atomic E-state index is 0.538. The topological polar surface area (TPSA) is 61.7 Å². The second-order valence-electron chi connectivity index (χ2n) is 4.40. The van der Waals surface area contributed by atoms with Gasteiger partial charge >= 0.3 is 0 Å². The molecule has 0 fully saturated rings. The van der Waals surface area contributed by atoms with Gasteiger partial charge < -0.3 is 5.11 Å². The number of carbonyl (C=O) groups is 1. The minimum Gasteiger partial charge on any atom is -0.378 e. The number of rotatable bonds is 4. The number of aliphatic hydroxyl groups is 1. The third-order valence-corrected chi connectivity index (χ3v) is 3.90. The fourth-order valence-electron chi connectivity index (χ4n) is 1.67. The predicted octanol–water partition coefficient (Wildman–Crippen LogP) is 2.63. The molecule has 1 aromatic heterocycles. The molecule has 0 saturated heterocycles. The first kappa shape index (κ1) is 14.4. The summed E-state index contributed by atoms with van der Waals surface area (Å²) >= 11 is 1.61. The summed E-state index contributed by atoms with van der Waals surface area (Å²) in [6.45, 7) is 3.83. The molecule has 104 valence electrons.